The fraction of sp³-hybridized carbons (Fsp3) is 0.500. The Morgan fingerprint density at radius 1 is 1.45 bits per heavy atom. The maximum atomic E-state index is 2.30. The van der Waals surface area contributed by atoms with E-state index in [0.717, 1.165) is 6.42 Å². The van der Waals surface area contributed by atoms with Crippen LogP contribution in [-0.2, 0) is 32.3 Å². The van der Waals surface area contributed by atoms with Gasteiger partial charge >= 0.3 is 0 Å². The first-order valence-electron chi connectivity index (χ1n) is 3.99. The van der Waals surface area contributed by atoms with Crippen LogP contribution in [0.1, 0.15) is 37.8 Å². The standard InChI is InChI=1S/C10H15.Hf/c1-4-9-5-6-10(7-9)8(2)3;/h5-8H,4H2,1-3H3;/q-1;. The van der Waals surface area contributed by atoms with Gasteiger partial charge in [0.25, 0.3) is 0 Å². The minimum absolute atomic E-state index is 0. The van der Waals surface area contributed by atoms with Gasteiger partial charge in [0, 0.05) is 25.8 Å². The first kappa shape index (κ1) is 11.2. The third-order valence-electron chi connectivity index (χ3n) is 1.92. The summed E-state index contributed by atoms with van der Waals surface area (Å²) in [4.78, 5) is 0. The summed E-state index contributed by atoms with van der Waals surface area (Å²) in [5.41, 5.74) is 2.93. The molecule has 0 saturated heterocycles. The maximum absolute atomic E-state index is 2.30. The monoisotopic (exact) mass is 315 g/mol. The van der Waals surface area contributed by atoms with Crippen molar-refractivity contribution in [2.75, 3.05) is 0 Å². The van der Waals surface area contributed by atoms with Crippen molar-refractivity contribution in [3.8, 4) is 0 Å². The predicted molar refractivity (Wildman–Crippen MR) is 45.5 cm³/mol. The molecule has 11 heavy (non-hydrogen) atoms. The van der Waals surface area contributed by atoms with Crippen molar-refractivity contribution in [1.29, 1.82) is 0 Å². The van der Waals surface area contributed by atoms with Crippen LogP contribution < -0.4 is 0 Å². The third kappa shape index (κ3) is 2.98. The van der Waals surface area contributed by atoms with E-state index in [2.05, 4.69) is 39.0 Å². The molecule has 0 aliphatic rings. The molecular weight excluding hydrogens is 299 g/mol. The average molecular weight is 314 g/mol. The molecule has 0 radical (unpaired) electrons. The Morgan fingerprint density at radius 3 is 2.36 bits per heavy atom. The summed E-state index contributed by atoms with van der Waals surface area (Å²) < 4.78 is 0. The van der Waals surface area contributed by atoms with E-state index in [-0.39, 0.29) is 25.8 Å². The van der Waals surface area contributed by atoms with Crippen LogP contribution in [0.5, 0.6) is 0 Å². The molecule has 1 rings (SSSR count). The third-order valence-corrected chi connectivity index (χ3v) is 1.92. The maximum Gasteiger partial charge on any atom is 0 e. The number of hydrogen-bond acceptors (Lipinski definition) is 0. The number of aryl methyl sites for hydroxylation is 1. The molecule has 0 amide bonds. The van der Waals surface area contributed by atoms with Gasteiger partial charge in [0.15, 0.2) is 0 Å². The zero-order chi connectivity index (χ0) is 7.56. The second-order valence-corrected chi connectivity index (χ2v) is 3.06. The molecule has 1 heteroatoms. The number of rotatable bonds is 2. The largest absolute Gasteiger partial charge is 0.207 e. The van der Waals surface area contributed by atoms with E-state index in [1.165, 1.54) is 11.1 Å². The Kier molecular flexibility index (Phi) is 5.07. The molecule has 60 valence electrons. The van der Waals surface area contributed by atoms with E-state index in [9.17, 15) is 0 Å². The van der Waals surface area contributed by atoms with Gasteiger partial charge in [-0.25, -0.2) is 6.07 Å². The van der Waals surface area contributed by atoms with Gasteiger partial charge in [0.05, 0.1) is 0 Å². The van der Waals surface area contributed by atoms with Gasteiger partial charge in [-0.2, -0.15) is 23.3 Å². The summed E-state index contributed by atoms with van der Waals surface area (Å²) in [6.45, 7) is 6.66. The van der Waals surface area contributed by atoms with Gasteiger partial charge in [0.1, 0.15) is 0 Å². The molecule has 0 aromatic heterocycles. The van der Waals surface area contributed by atoms with Gasteiger partial charge in [-0.3, -0.25) is 0 Å². The van der Waals surface area contributed by atoms with Crippen molar-refractivity contribution >= 4 is 0 Å². The van der Waals surface area contributed by atoms with Gasteiger partial charge in [-0.05, 0) is 5.92 Å². The van der Waals surface area contributed by atoms with E-state index in [1.807, 2.05) is 0 Å². The molecule has 0 nitrogen and oxygen atoms in total. The van der Waals surface area contributed by atoms with Gasteiger partial charge in [-0.15, -0.1) is 0 Å². The van der Waals surface area contributed by atoms with Crippen LogP contribution in [-0.4, -0.2) is 0 Å². The van der Waals surface area contributed by atoms with Crippen LogP contribution in [0.3, 0.4) is 0 Å². The van der Waals surface area contributed by atoms with Crippen molar-refractivity contribution in [1.82, 2.24) is 0 Å². The topological polar surface area (TPSA) is 0 Å². The molecule has 1 aromatic carbocycles. The average Bonchev–Trinajstić information content (AvgIpc) is 2.34. The quantitative estimate of drug-likeness (QED) is 0.581. The molecule has 0 N–H and O–H groups in total. The molecule has 0 unspecified atom stereocenters. The smallest absolute Gasteiger partial charge is 0 e. The fourth-order valence-electron chi connectivity index (χ4n) is 1.09. The molecule has 0 aliphatic carbocycles. The Labute approximate surface area is 88.2 Å². The Hall–Kier alpha value is 0.220. The van der Waals surface area contributed by atoms with Crippen LogP contribution in [0.25, 0.3) is 0 Å². The Morgan fingerprint density at radius 2 is 2.09 bits per heavy atom. The van der Waals surface area contributed by atoms with Crippen LogP contribution in [0, 0.1) is 0 Å². The molecule has 0 spiro atoms. The van der Waals surface area contributed by atoms with E-state index in [1.54, 1.807) is 0 Å². The molecule has 1 aromatic rings. The zero-order valence-electron chi connectivity index (χ0n) is 7.52. The van der Waals surface area contributed by atoms with E-state index < -0.39 is 0 Å². The van der Waals surface area contributed by atoms with E-state index in [4.69, 9.17) is 0 Å². The van der Waals surface area contributed by atoms with Crippen molar-refractivity contribution in [2.24, 2.45) is 0 Å². The SMILES string of the molecule is CCc1c[cH-]c(C(C)C)c1.[Hf]. The molecule has 0 atom stereocenters. The minimum Gasteiger partial charge on any atom is -0.207 e. The minimum atomic E-state index is 0. The summed E-state index contributed by atoms with van der Waals surface area (Å²) in [5, 5.41) is 0. The predicted octanol–water partition coefficient (Wildman–Crippen LogP) is 3.09. The van der Waals surface area contributed by atoms with Crippen LogP contribution >= 0.6 is 0 Å². The molecule has 0 bridgehead atoms. The van der Waals surface area contributed by atoms with E-state index >= 15 is 0 Å². The molecule has 0 aliphatic heterocycles. The summed E-state index contributed by atoms with van der Waals surface area (Å²) in [6.07, 6.45) is 1.16. The normalized spacial score (nSPS) is 9.82. The summed E-state index contributed by atoms with van der Waals surface area (Å²) in [6, 6.07) is 6.74. The van der Waals surface area contributed by atoms with Crippen molar-refractivity contribution in [3.05, 3.63) is 29.3 Å². The van der Waals surface area contributed by atoms with Crippen molar-refractivity contribution < 1.29 is 25.8 Å². The van der Waals surface area contributed by atoms with Crippen LogP contribution in [0.4, 0.5) is 0 Å². The zero-order valence-corrected chi connectivity index (χ0v) is 11.1. The van der Waals surface area contributed by atoms with Crippen LogP contribution in [0.2, 0.25) is 0 Å². The summed E-state index contributed by atoms with van der Waals surface area (Å²) >= 11 is 0. The van der Waals surface area contributed by atoms with Gasteiger partial charge < -0.3 is 0 Å². The van der Waals surface area contributed by atoms with Crippen molar-refractivity contribution in [2.45, 2.75) is 33.1 Å². The van der Waals surface area contributed by atoms with Gasteiger partial charge in [0.2, 0.25) is 0 Å². The molecular formula is C10H15Hf-. The van der Waals surface area contributed by atoms with Gasteiger partial charge in [-0.1, -0.05) is 27.2 Å². The Bertz CT molecular complexity index is 198. The molecule has 0 heterocycles. The molecule has 0 saturated carbocycles. The first-order chi connectivity index (χ1) is 4.74. The second-order valence-electron chi connectivity index (χ2n) is 3.06. The molecule has 0 fully saturated rings. The second kappa shape index (κ2) is 4.97. The van der Waals surface area contributed by atoms with Crippen LogP contribution in [0.15, 0.2) is 18.2 Å². The summed E-state index contributed by atoms with van der Waals surface area (Å²) in [5.74, 6) is 0.681. The number of hydrogen-bond donors (Lipinski definition) is 0. The fourth-order valence-corrected chi connectivity index (χ4v) is 1.09. The Balaban J connectivity index is 0.000001000. The van der Waals surface area contributed by atoms with Crippen molar-refractivity contribution in [3.63, 3.8) is 0 Å². The first-order valence-corrected chi connectivity index (χ1v) is 3.99. The van der Waals surface area contributed by atoms with E-state index in [0.29, 0.717) is 5.92 Å². The summed E-state index contributed by atoms with van der Waals surface area (Å²) in [7, 11) is 0.